The van der Waals surface area contributed by atoms with E-state index in [1.165, 1.54) is 0 Å². The van der Waals surface area contributed by atoms with Gasteiger partial charge in [0.2, 0.25) is 10.5 Å². The highest BCUT2D eigenvalue weighted by Crippen LogP contribution is 2.23. The second-order valence-electron chi connectivity index (χ2n) is 3.45. The van der Waals surface area contributed by atoms with Crippen molar-refractivity contribution in [1.82, 2.24) is 0 Å². The average molecular weight is 185 g/mol. The van der Waals surface area contributed by atoms with Crippen LogP contribution in [0.15, 0.2) is 0 Å². The number of carbonyl (C=O) groups excluding carboxylic acids is 1. The molecule has 0 spiro atoms. The van der Waals surface area contributed by atoms with E-state index in [0.717, 1.165) is 25.5 Å². The Morgan fingerprint density at radius 1 is 1.67 bits per heavy atom. The molecule has 0 aliphatic rings. The van der Waals surface area contributed by atoms with E-state index in [2.05, 4.69) is 17.4 Å². The molecule has 0 aromatic heterocycles. The smallest absolute Gasteiger partial charge is 0.247 e. The van der Waals surface area contributed by atoms with Crippen LogP contribution in [0, 0.1) is 5.92 Å². The van der Waals surface area contributed by atoms with Gasteiger partial charge in [0.05, 0.1) is 0 Å². The van der Waals surface area contributed by atoms with Gasteiger partial charge in [-0.05, 0) is 19.3 Å². The second kappa shape index (κ2) is 5.49. The minimum atomic E-state index is -0.675. The monoisotopic (exact) mass is 185 g/mol. The molecule has 0 amide bonds. The van der Waals surface area contributed by atoms with Crippen molar-refractivity contribution in [2.45, 2.75) is 45.6 Å². The summed E-state index contributed by atoms with van der Waals surface area (Å²) in [5.74, 6) is 0.257. The van der Waals surface area contributed by atoms with Gasteiger partial charge in [0, 0.05) is 0 Å². The van der Waals surface area contributed by atoms with Gasteiger partial charge in [-0.2, -0.15) is 0 Å². The lowest BCUT2D eigenvalue weighted by Gasteiger charge is -2.28. The van der Waals surface area contributed by atoms with Crippen molar-refractivity contribution in [3.8, 4) is 0 Å². The minimum absolute atomic E-state index is 0.257. The van der Waals surface area contributed by atoms with Crippen molar-refractivity contribution in [2.75, 3.05) is 0 Å². The van der Waals surface area contributed by atoms with Crippen molar-refractivity contribution in [1.29, 1.82) is 0 Å². The van der Waals surface area contributed by atoms with Crippen LogP contribution in [0.4, 0.5) is 0 Å². The molecular formula is C9H17O2Si. The maximum Gasteiger partial charge on any atom is 0.247 e. The van der Waals surface area contributed by atoms with E-state index in [-0.39, 0.29) is 5.92 Å². The quantitative estimate of drug-likeness (QED) is 0.466. The zero-order valence-electron chi connectivity index (χ0n) is 8.09. The van der Waals surface area contributed by atoms with Gasteiger partial charge in [-0.3, -0.25) is 0 Å². The molecule has 0 N–H and O–H groups in total. The van der Waals surface area contributed by atoms with Gasteiger partial charge in [-0.1, -0.05) is 26.7 Å². The second-order valence-corrected chi connectivity index (χ2v) is 3.65. The van der Waals surface area contributed by atoms with Crippen LogP contribution >= 0.6 is 0 Å². The van der Waals surface area contributed by atoms with Crippen LogP contribution in [0.5, 0.6) is 0 Å². The molecule has 0 aromatic carbocycles. The molecule has 2 nitrogen and oxygen atoms in total. The summed E-state index contributed by atoms with van der Waals surface area (Å²) in [6.45, 7) is 5.97. The SMILES string of the molecule is CCCCC(C)C(C)(C=O)O[Si]. The third kappa shape index (κ3) is 3.07. The van der Waals surface area contributed by atoms with E-state index in [1.807, 2.05) is 6.92 Å². The highest BCUT2D eigenvalue weighted by Gasteiger charge is 2.29. The fraction of sp³-hybridized carbons (Fsp3) is 0.889. The van der Waals surface area contributed by atoms with Crippen LogP contribution in [0.3, 0.4) is 0 Å². The highest BCUT2D eigenvalue weighted by atomic mass is 28.2. The van der Waals surface area contributed by atoms with Crippen molar-refractivity contribution in [3.05, 3.63) is 0 Å². The van der Waals surface area contributed by atoms with Crippen LogP contribution in [-0.2, 0) is 9.22 Å². The summed E-state index contributed by atoms with van der Waals surface area (Å²) < 4.78 is 4.98. The molecule has 0 aromatic rings. The molecule has 3 heteroatoms. The molecule has 2 unspecified atom stereocenters. The van der Waals surface area contributed by atoms with E-state index < -0.39 is 5.60 Å². The fourth-order valence-electron chi connectivity index (χ4n) is 1.04. The molecule has 0 bridgehead atoms. The predicted octanol–water partition coefficient (Wildman–Crippen LogP) is 1.87. The van der Waals surface area contributed by atoms with Gasteiger partial charge in [0.15, 0.2) is 6.29 Å². The number of hydrogen-bond acceptors (Lipinski definition) is 2. The Morgan fingerprint density at radius 3 is 2.58 bits per heavy atom. The average Bonchev–Trinajstić information content (AvgIpc) is 2.12. The van der Waals surface area contributed by atoms with E-state index in [9.17, 15) is 4.79 Å². The maximum atomic E-state index is 10.7. The first-order valence-corrected chi connectivity index (χ1v) is 4.82. The van der Waals surface area contributed by atoms with E-state index in [1.54, 1.807) is 6.92 Å². The van der Waals surface area contributed by atoms with Crippen LogP contribution < -0.4 is 0 Å². The van der Waals surface area contributed by atoms with Crippen LogP contribution in [-0.4, -0.2) is 22.4 Å². The number of hydrogen-bond donors (Lipinski definition) is 0. The Labute approximate surface area is 78.2 Å². The van der Waals surface area contributed by atoms with Gasteiger partial charge in [-0.25, -0.2) is 0 Å². The first-order valence-electron chi connectivity index (χ1n) is 4.41. The zero-order valence-corrected chi connectivity index (χ0v) is 9.09. The molecule has 0 saturated heterocycles. The van der Waals surface area contributed by atoms with Crippen LogP contribution in [0.25, 0.3) is 0 Å². The van der Waals surface area contributed by atoms with Crippen molar-refractivity contribution >= 4 is 16.8 Å². The molecule has 0 fully saturated rings. The van der Waals surface area contributed by atoms with Crippen LogP contribution in [0.2, 0.25) is 0 Å². The Kier molecular flexibility index (Phi) is 5.42. The van der Waals surface area contributed by atoms with Crippen molar-refractivity contribution in [3.63, 3.8) is 0 Å². The summed E-state index contributed by atoms with van der Waals surface area (Å²) >= 11 is 0. The summed E-state index contributed by atoms with van der Waals surface area (Å²) in [6, 6.07) is 0. The zero-order chi connectivity index (χ0) is 9.61. The lowest BCUT2D eigenvalue weighted by atomic mass is 9.88. The first-order chi connectivity index (χ1) is 5.60. The lowest BCUT2D eigenvalue weighted by molar-refractivity contribution is -0.123. The standard InChI is InChI=1S/C9H17O2Si/c1-4-5-6-8(2)9(3,7-10)11-12/h7-8H,4-6H2,1-3H3. The molecule has 3 radical (unpaired) electrons. The van der Waals surface area contributed by atoms with E-state index in [4.69, 9.17) is 4.43 Å². The Hall–Kier alpha value is -0.153. The normalized spacial score (nSPS) is 18.3. The summed E-state index contributed by atoms with van der Waals surface area (Å²) in [4.78, 5) is 10.7. The summed E-state index contributed by atoms with van der Waals surface area (Å²) in [5, 5.41) is 0. The van der Waals surface area contributed by atoms with Gasteiger partial charge in [-0.15, -0.1) is 0 Å². The minimum Gasteiger partial charge on any atom is -0.406 e. The third-order valence-corrected chi connectivity index (χ3v) is 2.86. The number of carbonyl (C=O) groups is 1. The molecule has 2 atom stereocenters. The van der Waals surface area contributed by atoms with Crippen LogP contribution in [0.1, 0.15) is 40.0 Å². The summed E-state index contributed by atoms with van der Waals surface area (Å²) in [5.41, 5.74) is -0.675. The van der Waals surface area contributed by atoms with E-state index >= 15 is 0 Å². The highest BCUT2D eigenvalue weighted by molar-refractivity contribution is 5.99. The van der Waals surface area contributed by atoms with Crippen molar-refractivity contribution < 1.29 is 9.22 Å². The van der Waals surface area contributed by atoms with Crippen molar-refractivity contribution in [2.24, 2.45) is 5.92 Å². The van der Waals surface area contributed by atoms with Gasteiger partial charge in [0.25, 0.3) is 0 Å². The molecular weight excluding hydrogens is 168 g/mol. The van der Waals surface area contributed by atoms with Gasteiger partial charge < -0.3 is 9.22 Å². The number of aldehydes is 1. The Morgan fingerprint density at radius 2 is 2.25 bits per heavy atom. The number of rotatable bonds is 6. The topological polar surface area (TPSA) is 26.3 Å². The van der Waals surface area contributed by atoms with Gasteiger partial charge in [0.1, 0.15) is 5.60 Å². The lowest BCUT2D eigenvalue weighted by Crippen LogP contribution is -2.37. The maximum absolute atomic E-state index is 10.7. The Balaban J connectivity index is 4.02. The molecule has 0 rings (SSSR count). The Bertz CT molecular complexity index is 138. The largest absolute Gasteiger partial charge is 0.406 e. The van der Waals surface area contributed by atoms with Gasteiger partial charge >= 0.3 is 0 Å². The molecule has 0 aliphatic carbocycles. The molecule has 0 aliphatic heterocycles. The molecule has 69 valence electrons. The summed E-state index contributed by atoms with van der Waals surface area (Å²) in [7, 11) is 2.94. The predicted molar refractivity (Wildman–Crippen MR) is 50.0 cm³/mol. The van der Waals surface area contributed by atoms with E-state index in [0.29, 0.717) is 0 Å². The third-order valence-electron chi connectivity index (χ3n) is 2.42. The summed E-state index contributed by atoms with van der Waals surface area (Å²) in [6.07, 6.45) is 4.18. The molecule has 0 heterocycles. The molecule has 0 saturated carbocycles. The molecule has 12 heavy (non-hydrogen) atoms. The first kappa shape index (κ1) is 11.8. The fourth-order valence-corrected chi connectivity index (χ4v) is 1.29. The number of unbranched alkanes of at least 4 members (excludes halogenated alkanes) is 1.